The maximum absolute atomic E-state index is 10.5. The van der Waals surface area contributed by atoms with Gasteiger partial charge in [0, 0.05) is 5.92 Å². The van der Waals surface area contributed by atoms with Gasteiger partial charge in [0.05, 0.1) is 11.7 Å². The van der Waals surface area contributed by atoms with Crippen LogP contribution in [0.3, 0.4) is 0 Å². The lowest BCUT2D eigenvalue weighted by molar-refractivity contribution is -0.319. The van der Waals surface area contributed by atoms with Gasteiger partial charge in [-0.05, 0) is 43.4 Å². The van der Waals surface area contributed by atoms with E-state index in [9.17, 15) is 10.2 Å². The van der Waals surface area contributed by atoms with Crippen molar-refractivity contribution < 1.29 is 19.7 Å². The fraction of sp³-hybridized carbons (Fsp3) is 1.00. The molecule has 4 heteroatoms. The highest BCUT2D eigenvalue weighted by molar-refractivity contribution is 5.16. The molecule has 7 atom stereocenters. The zero-order chi connectivity index (χ0) is 12.9. The van der Waals surface area contributed by atoms with E-state index in [2.05, 4.69) is 20.8 Å². The van der Waals surface area contributed by atoms with Gasteiger partial charge in [0.15, 0.2) is 0 Å². The number of ether oxygens (including phenoxy) is 2. The summed E-state index contributed by atoms with van der Waals surface area (Å²) in [6, 6.07) is 0. The van der Waals surface area contributed by atoms with E-state index < -0.39 is 12.1 Å². The van der Waals surface area contributed by atoms with E-state index in [0.29, 0.717) is 17.3 Å². The molecule has 0 aromatic carbocycles. The van der Waals surface area contributed by atoms with Crippen LogP contribution in [0.4, 0.5) is 0 Å². The third-order valence-electron chi connectivity index (χ3n) is 5.87. The van der Waals surface area contributed by atoms with Crippen molar-refractivity contribution in [3.8, 4) is 0 Å². The first-order valence-electron chi connectivity index (χ1n) is 7.01. The van der Waals surface area contributed by atoms with Crippen molar-refractivity contribution in [1.82, 2.24) is 0 Å². The molecule has 4 fully saturated rings. The van der Waals surface area contributed by atoms with Crippen LogP contribution in [0.25, 0.3) is 0 Å². The standard InChI is InChI=1S/C14H22O4/c1-12(2)4-7-8(5-12)13(3)6-9-10(7)17-11(15)14(9,16)18-13/h7-11,15-16H,4-6H2,1-3H3/t7-,8+,9-,10+,11?,13-,14-/m1/s1. The van der Waals surface area contributed by atoms with E-state index in [1.54, 1.807) is 0 Å². The van der Waals surface area contributed by atoms with Gasteiger partial charge in [0.2, 0.25) is 12.1 Å². The molecule has 0 aromatic heterocycles. The number of aliphatic hydroxyl groups excluding tert-OH is 1. The third-order valence-corrected chi connectivity index (χ3v) is 5.87. The summed E-state index contributed by atoms with van der Waals surface area (Å²) in [6.45, 7) is 6.69. The predicted octanol–water partition coefficient (Wildman–Crippen LogP) is 1.25. The molecule has 2 heterocycles. The highest BCUT2D eigenvalue weighted by atomic mass is 16.7. The van der Waals surface area contributed by atoms with Crippen molar-refractivity contribution in [3.63, 3.8) is 0 Å². The molecule has 18 heavy (non-hydrogen) atoms. The molecule has 102 valence electrons. The summed E-state index contributed by atoms with van der Waals surface area (Å²) in [5, 5.41) is 20.5. The summed E-state index contributed by atoms with van der Waals surface area (Å²) in [7, 11) is 0. The molecule has 2 bridgehead atoms. The van der Waals surface area contributed by atoms with Crippen LogP contribution in [0.2, 0.25) is 0 Å². The fourth-order valence-corrected chi connectivity index (χ4v) is 5.25. The van der Waals surface area contributed by atoms with Gasteiger partial charge in [-0.15, -0.1) is 0 Å². The van der Waals surface area contributed by atoms with Gasteiger partial charge < -0.3 is 19.7 Å². The molecule has 2 saturated heterocycles. The van der Waals surface area contributed by atoms with Crippen LogP contribution < -0.4 is 0 Å². The van der Waals surface area contributed by atoms with E-state index >= 15 is 0 Å². The Balaban J connectivity index is 1.79. The predicted molar refractivity (Wildman–Crippen MR) is 63.4 cm³/mol. The molecule has 0 aromatic rings. The van der Waals surface area contributed by atoms with E-state index in [1.807, 2.05) is 0 Å². The van der Waals surface area contributed by atoms with Gasteiger partial charge in [-0.3, -0.25) is 0 Å². The molecule has 4 aliphatic rings. The van der Waals surface area contributed by atoms with Crippen LogP contribution in [0.5, 0.6) is 0 Å². The molecule has 0 spiro atoms. The Morgan fingerprint density at radius 3 is 2.50 bits per heavy atom. The Labute approximate surface area is 107 Å². The van der Waals surface area contributed by atoms with E-state index in [0.717, 1.165) is 19.3 Å². The van der Waals surface area contributed by atoms with Crippen molar-refractivity contribution in [2.45, 2.75) is 63.8 Å². The molecule has 0 radical (unpaired) electrons. The lowest BCUT2D eigenvalue weighted by Crippen LogP contribution is -2.48. The van der Waals surface area contributed by atoms with Gasteiger partial charge >= 0.3 is 0 Å². The van der Waals surface area contributed by atoms with Gasteiger partial charge in [0.1, 0.15) is 0 Å². The minimum Gasteiger partial charge on any atom is -0.364 e. The summed E-state index contributed by atoms with van der Waals surface area (Å²) in [4.78, 5) is 0. The first-order chi connectivity index (χ1) is 8.25. The monoisotopic (exact) mass is 254 g/mol. The normalized spacial score (nSPS) is 64.2. The number of aliphatic hydroxyl groups is 2. The molecule has 2 saturated carbocycles. The van der Waals surface area contributed by atoms with Crippen LogP contribution >= 0.6 is 0 Å². The minimum atomic E-state index is -1.46. The lowest BCUT2D eigenvalue weighted by atomic mass is 9.67. The fourth-order valence-electron chi connectivity index (χ4n) is 5.25. The molecule has 4 rings (SSSR count). The number of fused-ring (bicyclic) bond motifs is 4. The maximum Gasteiger partial charge on any atom is 0.224 e. The number of hydrogen-bond acceptors (Lipinski definition) is 4. The Hall–Kier alpha value is -0.160. The molecule has 2 aliphatic carbocycles. The van der Waals surface area contributed by atoms with Crippen LogP contribution in [0, 0.1) is 23.2 Å². The zero-order valence-corrected chi connectivity index (χ0v) is 11.2. The maximum atomic E-state index is 10.5. The third kappa shape index (κ3) is 1.16. The average Bonchev–Trinajstić information content (AvgIpc) is 2.76. The van der Waals surface area contributed by atoms with Crippen LogP contribution in [0.1, 0.15) is 40.0 Å². The highest BCUT2D eigenvalue weighted by Gasteiger charge is 2.74. The largest absolute Gasteiger partial charge is 0.364 e. The summed E-state index contributed by atoms with van der Waals surface area (Å²) in [6.07, 6.45) is 1.81. The Morgan fingerprint density at radius 1 is 1.06 bits per heavy atom. The molecule has 0 amide bonds. The van der Waals surface area contributed by atoms with Crippen molar-refractivity contribution in [3.05, 3.63) is 0 Å². The molecular weight excluding hydrogens is 232 g/mol. The molecule has 2 aliphatic heterocycles. The van der Waals surface area contributed by atoms with Gasteiger partial charge in [-0.2, -0.15) is 0 Å². The first-order valence-corrected chi connectivity index (χ1v) is 7.01. The summed E-state index contributed by atoms with van der Waals surface area (Å²) in [5.41, 5.74) is 0.0142. The van der Waals surface area contributed by atoms with E-state index in [4.69, 9.17) is 9.47 Å². The summed E-state index contributed by atoms with van der Waals surface area (Å²) in [5.74, 6) is -0.675. The highest BCUT2D eigenvalue weighted by Crippen LogP contribution is 2.66. The molecular formula is C14H22O4. The van der Waals surface area contributed by atoms with Crippen LogP contribution in [-0.4, -0.2) is 34.0 Å². The summed E-state index contributed by atoms with van der Waals surface area (Å²) >= 11 is 0. The number of rotatable bonds is 0. The smallest absolute Gasteiger partial charge is 0.224 e. The molecule has 4 nitrogen and oxygen atoms in total. The second kappa shape index (κ2) is 2.95. The second-order valence-electron chi connectivity index (χ2n) is 7.77. The molecule has 2 N–H and O–H groups in total. The van der Waals surface area contributed by atoms with Gasteiger partial charge in [-0.1, -0.05) is 13.8 Å². The molecule has 1 unspecified atom stereocenters. The Bertz CT molecular complexity index is 409. The zero-order valence-electron chi connectivity index (χ0n) is 11.2. The quantitative estimate of drug-likeness (QED) is 0.683. The average molecular weight is 254 g/mol. The summed E-state index contributed by atoms with van der Waals surface area (Å²) < 4.78 is 11.6. The first kappa shape index (κ1) is 11.6. The van der Waals surface area contributed by atoms with Crippen molar-refractivity contribution >= 4 is 0 Å². The van der Waals surface area contributed by atoms with E-state index in [1.165, 1.54) is 0 Å². The van der Waals surface area contributed by atoms with Crippen LogP contribution in [-0.2, 0) is 9.47 Å². The second-order valence-corrected chi connectivity index (χ2v) is 7.77. The lowest BCUT2D eigenvalue weighted by Gasteiger charge is -2.42. The van der Waals surface area contributed by atoms with Gasteiger partial charge in [-0.25, -0.2) is 0 Å². The minimum absolute atomic E-state index is 0.0349. The number of hydrogen-bond donors (Lipinski definition) is 2. The van der Waals surface area contributed by atoms with Crippen molar-refractivity contribution in [2.24, 2.45) is 23.2 Å². The van der Waals surface area contributed by atoms with Crippen LogP contribution in [0.15, 0.2) is 0 Å². The van der Waals surface area contributed by atoms with Crippen molar-refractivity contribution in [2.75, 3.05) is 0 Å². The SMILES string of the molecule is CC1(C)C[C@H]2[C@@H]3OC(O)[C@]4(O)O[C@](C)(C[C@H]34)[C@H]2C1. The topological polar surface area (TPSA) is 58.9 Å². The Kier molecular flexibility index (Phi) is 1.91. The van der Waals surface area contributed by atoms with E-state index in [-0.39, 0.29) is 17.6 Å². The van der Waals surface area contributed by atoms with Gasteiger partial charge in [0.25, 0.3) is 0 Å². The Morgan fingerprint density at radius 2 is 1.78 bits per heavy atom. The van der Waals surface area contributed by atoms with Crippen molar-refractivity contribution in [1.29, 1.82) is 0 Å².